The van der Waals surface area contributed by atoms with Gasteiger partial charge in [-0.2, -0.15) is 13.2 Å². The molecule has 1 N–H and O–H groups in total. The van der Waals surface area contributed by atoms with Gasteiger partial charge in [0, 0.05) is 6.26 Å². The van der Waals surface area contributed by atoms with Gasteiger partial charge in [-0.3, -0.25) is 0 Å². The summed E-state index contributed by atoms with van der Waals surface area (Å²) in [6.45, 7) is 0. The predicted molar refractivity (Wildman–Crippen MR) is 31.8 cm³/mol. The number of halogens is 3. The van der Waals surface area contributed by atoms with E-state index < -0.39 is 27.9 Å². The topological polar surface area (TPSA) is 54.4 Å². The Kier molecular flexibility index (Phi) is 2.90. The normalized spacial score (nSPS) is 16.5. The molecule has 0 aliphatic heterocycles. The molecular formula is C4H7F3O3S. The molecule has 0 radical (unpaired) electrons. The highest BCUT2D eigenvalue weighted by molar-refractivity contribution is 7.90. The van der Waals surface area contributed by atoms with Crippen LogP contribution in [-0.4, -0.2) is 37.8 Å². The second-order valence-corrected chi connectivity index (χ2v) is 4.33. The van der Waals surface area contributed by atoms with Gasteiger partial charge in [0.05, 0.1) is 5.75 Å². The Morgan fingerprint density at radius 2 is 1.82 bits per heavy atom. The van der Waals surface area contributed by atoms with Gasteiger partial charge in [-0.05, 0) is 0 Å². The average molecular weight is 192 g/mol. The lowest BCUT2D eigenvalue weighted by Crippen LogP contribution is -2.34. The molecule has 0 aromatic heterocycles. The molecule has 0 amide bonds. The molecule has 0 aliphatic carbocycles. The van der Waals surface area contributed by atoms with E-state index in [0.717, 1.165) is 0 Å². The number of sulfone groups is 1. The van der Waals surface area contributed by atoms with Crippen LogP contribution in [-0.2, 0) is 9.84 Å². The Labute approximate surface area is 61.8 Å². The highest BCUT2D eigenvalue weighted by Crippen LogP contribution is 2.20. The molecule has 0 rings (SSSR count). The van der Waals surface area contributed by atoms with Crippen LogP contribution >= 0.6 is 0 Å². The molecule has 0 saturated heterocycles. The lowest BCUT2D eigenvalue weighted by atomic mass is 10.4. The van der Waals surface area contributed by atoms with Crippen molar-refractivity contribution < 1.29 is 26.7 Å². The fraction of sp³-hybridized carbons (Fsp3) is 1.00. The first-order valence-corrected chi connectivity index (χ1v) is 4.61. The zero-order valence-electron chi connectivity index (χ0n) is 5.59. The third-order valence-corrected chi connectivity index (χ3v) is 1.76. The van der Waals surface area contributed by atoms with Crippen molar-refractivity contribution in [2.75, 3.05) is 12.0 Å². The molecule has 0 saturated carbocycles. The molecule has 1 unspecified atom stereocenters. The van der Waals surface area contributed by atoms with Crippen LogP contribution in [0.2, 0.25) is 0 Å². The van der Waals surface area contributed by atoms with Crippen LogP contribution in [0.5, 0.6) is 0 Å². The zero-order valence-corrected chi connectivity index (χ0v) is 6.41. The first-order valence-electron chi connectivity index (χ1n) is 2.55. The highest BCUT2D eigenvalue weighted by Gasteiger charge is 2.39. The molecular weight excluding hydrogens is 185 g/mol. The Morgan fingerprint density at radius 3 is 1.91 bits per heavy atom. The van der Waals surface area contributed by atoms with Gasteiger partial charge in [0.1, 0.15) is 9.84 Å². The van der Waals surface area contributed by atoms with E-state index in [4.69, 9.17) is 5.11 Å². The van der Waals surface area contributed by atoms with Gasteiger partial charge in [-0.15, -0.1) is 0 Å². The van der Waals surface area contributed by atoms with Crippen LogP contribution in [0.4, 0.5) is 13.2 Å². The molecule has 0 aliphatic rings. The molecule has 1 atom stereocenters. The number of hydrogen-bond donors (Lipinski definition) is 1. The third kappa shape index (κ3) is 5.02. The molecule has 0 heterocycles. The Bertz CT molecular complexity index is 217. The highest BCUT2D eigenvalue weighted by atomic mass is 32.2. The van der Waals surface area contributed by atoms with Crippen molar-refractivity contribution in [2.45, 2.75) is 12.3 Å². The molecule has 11 heavy (non-hydrogen) atoms. The van der Waals surface area contributed by atoms with E-state index in [2.05, 4.69) is 0 Å². The predicted octanol–water partition coefficient (Wildman–Crippen LogP) is -0.0458. The molecule has 3 nitrogen and oxygen atoms in total. The van der Waals surface area contributed by atoms with Crippen LogP contribution in [0.15, 0.2) is 0 Å². The van der Waals surface area contributed by atoms with Crippen LogP contribution in [0.25, 0.3) is 0 Å². The lowest BCUT2D eigenvalue weighted by molar-refractivity contribution is -0.196. The maximum atomic E-state index is 11.5. The summed E-state index contributed by atoms with van der Waals surface area (Å²) in [5, 5.41) is 8.22. The van der Waals surface area contributed by atoms with Gasteiger partial charge in [0.15, 0.2) is 6.10 Å². The Balaban J connectivity index is 4.21. The van der Waals surface area contributed by atoms with Gasteiger partial charge in [-0.25, -0.2) is 8.42 Å². The summed E-state index contributed by atoms with van der Waals surface area (Å²) in [6, 6.07) is 0. The number of alkyl halides is 3. The van der Waals surface area contributed by atoms with Crippen molar-refractivity contribution in [3.05, 3.63) is 0 Å². The standard InChI is InChI=1S/C4H7F3O3S/c1-11(9,10)2-3(8)4(5,6)7/h3,8H,2H2,1H3. The van der Waals surface area contributed by atoms with E-state index in [1.54, 1.807) is 0 Å². The quantitative estimate of drug-likeness (QED) is 0.667. The van der Waals surface area contributed by atoms with Crippen LogP contribution in [0, 0.1) is 0 Å². The summed E-state index contributed by atoms with van der Waals surface area (Å²) in [6.07, 6.45) is -7.01. The molecule has 0 aromatic carbocycles. The number of aliphatic hydroxyl groups excluding tert-OH is 1. The molecule has 68 valence electrons. The van der Waals surface area contributed by atoms with Crippen molar-refractivity contribution in [1.82, 2.24) is 0 Å². The summed E-state index contributed by atoms with van der Waals surface area (Å²) in [5.41, 5.74) is 0. The van der Waals surface area contributed by atoms with Gasteiger partial charge in [-0.1, -0.05) is 0 Å². The van der Waals surface area contributed by atoms with E-state index in [1.807, 2.05) is 0 Å². The smallest absolute Gasteiger partial charge is 0.383 e. The second-order valence-electron chi connectivity index (χ2n) is 2.15. The van der Waals surface area contributed by atoms with Crippen molar-refractivity contribution in [2.24, 2.45) is 0 Å². The Hall–Kier alpha value is -0.300. The summed E-state index contributed by atoms with van der Waals surface area (Å²) in [4.78, 5) is 0. The SMILES string of the molecule is CS(=O)(=O)CC(O)C(F)(F)F. The molecule has 0 aromatic rings. The first kappa shape index (κ1) is 10.7. The second kappa shape index (κ2) is 2.98. The summed E-state index contributed by atoms with van der Waals surface area (Å²) >= 11 is 0. The average Bonchev–Trinajstić information content (AvgIpc) is 1.56. The molecule has 0 spiro atoms. The summed E-state index contributed by atoms with van der Waals surface area (Å²) < 4.78 is 54.9. The van der Waals surface area contributed by atoms with Crippen LogP contribution in [0.3, 0.4) is 0 Å². The van der Waals surface area contributed by atoms with Crippen molar-refractivity contribution >= 4 is 9.84 Å². The van der Waals surface area contributed by atoms with Gasteiger partial charge < -0.3 is 5.11 Å². The zero-order chi connectivity index (χ0) is 9.28. The fourth-order valence-corrected chi connectivity index (χ4v) is 1.14. The molecule has 0 fully saturated rings. The van der Waals surface area contributed by atoms with Crippen molar-refractivity contribution in [3.63, 3.8) is 0 Å². The maximum Gasteiger partial charge on any atom is 0.415 e. The number of hydrogen-bond acceptors (Lipinski definition) is 3. The van der Waals surface area contributed by atoms with E-state index in [-0.39, 0.29) is 0 Å². The van der Waals surface area contributed by atoms with Crippen LogP contribution in [0.1, 0.15) is 0 Å². The van der Waals surface area contributed by atoms with Crippen LogP contribution < -0.4 is 0 Å². The third-order valence-electron chi connectivity index (χ3n) is 0.838. The van der Waals surface area contributed by atoms with E-state index >= 15 is 0 Å². The molecule has 7 heteroatoms. The van der Waals surface area contributed by atoms with Crippen molar-refractivity contribution in [1.29, 1.82) is 0 Å². The van der Waals surface area contributed by atoms with Gasteiger partial charge in [0.2, 0.25) is 0 Å². The van der Waals surface area contributed by atoms with Gasteiger partial charge >= 0.3 is 6.18 Å². The summed E-state index contributed by atoms with van der Waals surface area (Å²) in [7, 11) is -3.78. The van der Waals surface area contributed by atoms with E-state index in [0.29, 0.717) is 6.26 Å². The summed E-state index contributed by atoms with van der Waals surface area (Å²) in [5.74, 6) is -1.28. The molecule has 0 bridgehead atoms. The minimum absolute atomic E-state index is 0.627. The Morgan fingerprint density at radius 1 is 1.45 bits per heavy atom. The minimum atomic E-state index is -4.86. The maximum absolute atomic E-state index is 11.5. The first-order chi connectivity index (χ1) is 4.63. The van der Waals surface area contributed by atoms with E-state index in [9.17, 15) is 21.6 Å². The fourth-order valence-electron chi connectivity index (χ4n) is 0.381. The number of rotatable bonds is 2. The lowest BCUT2D eigenvalue weighted by Gasteiger charge is -2.12. The van der Waals surface area contributed by atoms with Crippen molar-refractivity contribution in [3.8, 4) is 0 Å². The van der Waals surface area contributed by atoms with Gasteiger partial charge in [0.25, 0.3) is 0 Å². The minimum Gasteiger partial charge on any atom is -0.383 e. The van der Waals surface area contributed by atoms with E-state index in [1.165, 1.54) is 0 Å². The largest absolute Gasteiger partial charge is 0.415 e. The monoisotopic (exact) mass is 192 g/mol. The number of aliphatic hydroxyl groups is 1.